The molecule has 3 atom stereocenters. The molecule has 1 aliphatic heterocycles. The lowest BCUT2D eigenvalue weighted by atomic mass is 9.62. The molecule has 1 fully saturated rings. The number of nitriles is 1. The normalized spacial score (nSPS) is 37.7. The highest BCUT2D eigenvalue weighted by atomic mass is 16.5. The molecule has 0 spiro atoms. The number of carbonyl (C=O) groups excluding carboxylic acids is 1. The molecular weight excluding hydrogens is 288 g/mol. The summed E-state index contributed by atoms with van der Waals surface area (Å²) in [4.78, 5) is 12.9. The van der Waals surface area contributed by atoms with Gasteiger partial charge >= 0.3 is 0 Å². The number of allylic oxidation sites excluding steroid dienone is 5. The smallest absolute Gasteiger partial charge is 0.204 e. The molecule has 0 unspecified atom stereocenters. The maximum atomic E-state index is 12.9. The molecule has 0 aromatic heterocycles. The van der Waals surface area contributed by atoms with Gasteiger partial charge in [0.05, 0.1) is 5.57 Å². The van der Waals surface area contributed by atoms with Crippen LogP contribution >= 0.6 is 0 Å². The first-order chi connectivity index (χ1) is 10.9. The van der Waals surface area contributed by atoms with Crippen LogP contribution in [0.25, 0.3) is 0 Å². The molecule has 1 heterocycles. The Morgan fingerprint density at radius 3 is 2.74 bits per heavy atom. The summed E-state index contributed by atoms with van der Waals surface area (Å²) in [5.41, 5.74) is 7.01. The summed E-state index contributed by atoms with van der Waals surface area (Å²) in [6, 6.07) is 2.24. The summed E-state index contributed by atoms with van der Waals surface area (Å²) in [7, 11) is 0. The van der Waals surface area contributed by atoms with Crippen LogP contribution in [0.1, 0.15) is 46.0 Å². The Morgan fingerprint density at radius 1 is 1.39 bits per heavy atom. The van der Waals surface area contributed by atoms with E-state index in [1.807, 2.05) is 0 Å². The van der Waals surface area contributed by atoms with Gasteiger partial charge in [-0.05, 0) is 30.6 Å². The SMILES string of the molecule is CC1(C)CC(=O)C2=C(C1)OC(N)=C(C#N)[C@H]2[C@@]12C=C[C@@H](CC1)C2. The quantitative estimate of drug-likeness (QED) is 0.754. The molecule has 0 amide bonds. The van der Waals surface area contributed by atoms with Crippen molar-refractivity contribution in [2.45, 2.75) is 46.0 Å². The third-order valence-electron chi connectivity index (χ3n) is 5.97. The maximum Gasteiger partial charge on any atom is 0.204 e. The number of fused-ring (bicyclic) bond motifs is 2. The summed E-state index contributed by atoms with van der Waals surface area (Å²) >= 11 is 0. The monoisotopic (exact) mass is 310 g/mol. The number of hydrogen-bond donors (Lipinski definition) is 1. The van der Waals surface area contributed by atoms with Crippen LogP contribution in [0, 0.1) is 34.0 Å². The van der Waals surface area contributed by atoms with Crippen LogP contribution in [-0.4, -0.2) is 5.78 Å². The number of nitrogens with zero attached hydrogens (tertiary/aromatic N) is 1. The second kappa shape index (κ2) is 4.50. The van der Waals surface area contributed by atoms with Gasteiger partial charge in [0.25, 0.3) is 0 Å². The predicted molar refractivity (Wildman–Crippen MR) is 85.4 cm³/mol. The first kappa shape index (κ1) is 14.6. The van der Waals surface area contributed by atoms with E-state index in [2.05, 4.69) is 32.1 Å². The topological polar surface area (TPSA) is 76.1 Å². The number of ether oxygens (including phenoxy) is 1. The zero-order chi connectivity index (χ0) is 16.4. The van der Waals surface area contributed by atoms with Crippen molar-refractivity contribution in [1.82, 2.24) is 0 Å². The maximum absolute atomic E-state index is 12.9. The van der Waals surface area contributed by atoms with Gasteiger partial charge in [0.1, 0.15) is 11.8 Å². The molecular formula is C19H22N2O2. The van der Waals surface area contributed by atoms with Crippen molar-refractivity contribution in [1.29, 1.82) is 5.26 Å². The van der Waals surface area contributed by atoms with Gasteiger partial charge in [-0.25, -0.2) is 0 Å². The van der Waals surface area contributed by atoms with Crippen LogP contribution < -0.4 is 5.73 Å². The van der Waals surface area contributed by atoms with Crippen molar-refractivity contribution < 1.29 is 9.53 Å². The Labute approximate surface area is 136 Å². The predicted octanol–water partition coefficient (Wildman–Crippen LogP) is 3.33. The number of hydrogen-bond acceptors (Lipinski definition) is 4. The van der Waals surface area contributed by atoms with Crippen molar-refractivity contribution in [2.75, 3.05) is 0 Å². The molecule has 3 aliphatic carbocycles. The molecule has 4 aliphatic rings. The van der Waals surface area contributed by atoms with Crippen molar-refractivity contribution >= 4 is 5.78 Å². The van der Waals surface area contributed by atoms with E-state index in [0.29, 0.717) is 30.1 Å². The first-order valence-electron chi connectivity index (χ1n) is 8.38. The third kappa shape index (κ3) is 1.99. The molecule has 23 heavy (non-hydrogen) atoms. The minimum Gasteiger partial charge on any atom is -0.444 e. The Balaban J connectivity index is 1.87. The Morgan fingerprint density at radius 2 is 2.17 bits per heavy atom. The van der Waals surface area contributed by atoms with E-state index in [4.69, 9.17) is 10.5 Å². The van der Waals surface area contributed by atoms with Crippen molar-refractivity contribution in [3.8, 4) is 6.07 Å². The number of ketones is 1. The van der Waals surface area contributed by atoms with Gasteiger partial charge in [-0.15, -0.1) is 0 Å². The summed E-state index contributed by atoms with van der Waals surface area (Å²) < 4.78 is 5.76. The Bertz CT molecular complexity index is 735. The van der Waals surface area contributed by atoms with E-state index in [-0.39, 0.29) is 28.4 Å². The van der Waals surface area contributed by atoms with Gasteiger partial charge in [-0.1, -0.05) is 26.0 Å². The molecule has 0 aromatic rings. The second-order valence-electron chi connectivity index (χ2n) is 8.30. The number of rotatable bonds is 1. The lowest BCUT2D eigenvalue weighted by molar-refractivity contribution is -0.119. The zero-order valence-corrected chi connectivity index (χ0v) is 13.7. The van der Waals surface area contributed by atoms with Crippen LogP contribution in [0.3, 0.4) is 0 Å². The van der Waals surface area contributed by atoms with Crippen LogP contribution in [0.15, 0.2) is 34.9 Å². The molecule has 4 nitrogen and oxygen atoms in total. The van der Waals surface area contributed by atoms with E-state index in [0.717, 1.165) is 24.8 Å². The van der Waals surface area contributed by atoms with E-state index in [1.54, 1.807) is 0 Å². The average Bonchev–Trinajstić information content (AvgIpc) is 3.06. The van der Waals surface area contributed by atoms with E-state index >= 15 is 0 Å². The van der Waals surface area contributed by atoms with E-state index in [9.17, 15) is 10.1 Å². The summed E-state index contributed by atoms with van der Waals surface area (Å²) in [6.07, 6.45) is 8.87. The van der Waals surface area contributed by atoms with Crippen LogP contribution in [-0.2, 0) is 9.53 Å². The third-order valence-corrected chi connectivity index (χ3v) is 5.97. The number of Topliss-reactive ketones (excluding diaryl/α,β-unsaturated/α-hetero) is 1. The van der Waals surface area contributed by atoms with Gasteiger partial charge in [0, 0.05) is 29.7 Å². The number of nitrogens with two attached hydrogens (primary N) is 1. The second-order valence-corrected chi connectivity index (χ2v) is 8.30. The lowest BCUT2D eigenvalue weighted by Gasteiger charge is -2.42. The van der Waals surface area contributed by atoms with Gasteiger partial charge < -0.3 is 10.5 Å². The molecule has 4 heteroatoms. The highest BCUT2D eigenvalue weighted by Crippen LogP contribution is 2.60. The molecule has 2 N–H and O–H groups in total. The molecule has 1 saturated carbocycles. The Kier molecular flexibility index (Phi) is 2.85. The summed E-state index contributed by atoms with van der Waals surface area (Å²) in [6.45, 7) is 4.15. The highest BCUT2D eigenvalue weighted by Gasteiger charge is 2.54. The van der Waals surface area contributed by atoms with Crippen molar-refractivity contribution in [2.24, 2.45) is 28.4 Å². The van der Waals surface area contributed by atoms with Gasteiger partial charge in [-0.2, -0.15) is 5.26 Å². The molecule has 2 bridgehead atoms. The Hall–Kier alpha value is -2.02. The van der Waals surface area contributed by atoms with Gasteiger partial charge in [0.15, 0.2) is 5.78 Å². The highest BCUT2D eigenvalue weighted by molar-refractivity contribution is 5.99. The number of carbonyl (C=O) groups is 1. The molecule has 120 valence electrons. The molecule has 0 radical (unpaired) electrons. The van der Waals surface area contributed by atoms with Gasteiger partial charge in [-0.3, -0.25) is 4.79 Å². The molecule has 0 aromatic carbocycles. The fourth-order valence-corrected chi connectivity index (χ4v) is 5.01. The van der Waals surface area contributed by atoms with E-state index < -0.39 is 0 Å². The lowest BCUT2D eigenvalue weighted by Crippen LogP contribution is -2.40. The fraction of sp³-hybridized carbons (Fsp3) is 0.579. The fourth-order valence-electron chi connectivity index (χ4n) is 5.01. The van der Waals surface area contributed by atoms with Crippen LogP contribution in [0.5, 0.6) is 0 Å². The van der Waals surface area contributed by atoms with Crippen molar-refractivity contribution in [3.63, 3.8) is 0 Å². The molecule has 0 saturated heterocycles. The van der Waals surface area contributed by atoms with Crippen LogP contribution in [0.2, 0.25) is 0 Å². The standard InChI is InChI=1S/C19H22N2O2/c1-18(2)8-13(22)15-14(9-18)23-17(21)12(10-20)16(15)19-5-3-11(7-19)4-6-19/h3,5,11,16H,4,6-9,21H2,1-2H3/t11-,16+,19-/m0/s1. The minimum absolute atomic E-state index is 0.119. The molecule has 4 rings (SSSR count). The summed E-state index contributed by atoms with van der Waals surface area (Å²) in [5.74, 6) is 1.38. The average molecular weight is 310 g/mol. The van der Waals surface area contributed by atoms with E-state index in [1.165, 1.54) is 0 Å². The first-order valence-corrected chi connectivity index (χ1v) is 8.38. The zero-order valence-electron chi connectivity index (χ0n) is 13.7. The summed E-state index contributed by atoms with van der Waals surface area (Å²) in [5, 5.41) is 9.67. The van der Waals surface area contributed by atoms with Crippen molar-refractivity contribution in [3.05, 3.63) is 34.9 Å². The van der Waals surface area contributed by atoms with Gasteiger partial charge in [0.2, 0.25) is 5.88 Å². The largest absolute Gasteiger partial charge is 0.444 e. The minimum atomic E-state index is -0.219. The van der Waals surface area contributed by atoms with Crippen LogP contribution in [0.4, 0.5) is 0 Å².